The molecule has 0 bridgehead atoms. The highest BCUT2D eigenvalue weighted by atomic mass is 79.9. The minimum Gasteiger partial charge on any atom is -0.390 e. The Bertz CT molecular complexity index is 596. The van der Waals surface area contributed by atoms with E-state index in [4.69, 9.17) is 0 Å². The second-order valence-electron chi connectivity index (χ2n) is 5.89. The number of sulfone groups is 1. The number of fused-ring (bicyclic) bond motifs is 1. The number of hydrogen-bond donors (Lipinski definition) is 1. The van der Waals surface area contributed by atoms with Crippen molar-refractivity contribution in [3.63, 3.8) is 0 Å². The van der Waals surface area contributed by atoms with Crippen LogP contribution in [0.15, 0.2) is 35.2 Å². The molecule has 0 heterocycles. The standard InChI is InChI=1S/C14H17BrO3S/c1-13(15)8-7-10-9-14(10,12(13)16)19(17,18)11-5-3-2-4-6-11/h2-6,10,12,16H,7-9H2,1H3/t10-,12+,13-,14-/m0/s1. The van der Waals surface area contributed by atoms with Gasteiger partial charge in [0.1, 0.15) is 4.75 Å². The fourth-order valence-electron chi connectivity index (χ4n) is 3.41. The van der Waals surface area contributed by atoms with E-state index in [0.717, 1.165) is 12.8 Å². The van der Waals surface area contributed by atoms with E-state index in [9.17, 15) is 13.5 Å². The van der Waals surface area contributed by atoms with E-state index in [1.54, 1.807) is 30.3 Å². The average Bonchev–Trinajstić information content (AvgIpc) is 3.12. The average molecular weight is 345 g/mol. The Morgan fingerprint density at radius 1 is 1.32 bits per heavy atom. The lowest BCUT2D eigenvalue weighted by molar-refractivity contribution is 0.0977. The zero-order valence-electron chi connectivity index (χ0n) is 10.7. The summed E-state index contributed by atoms with van der Waals surface area (Å²) >= 11 is 3.51. The maximum atomic E-state index is 12.9. The van der Waals surface area contributed by atoms with Gasteiger partial charge in [0, 0.05) is 0 Å². The molecule has 0 amide bonds. The van der Waals surface area contributed by atoms with Gasteiger partial charge in [0.25, 0.3) is 0 Å². The van der Waals surface area contributed by atoms with E-state index in [1.165, 1.54) is 0 Å². The Hall–Kier alpha value is -0.390. The number of aliphatic hydroxyl groups excluding tert-OH is 1. The predicted octanol–water partition coefficient (Wildman–Crippen LogP) is 2.53. The number of aliphatic hydroxyl groups is 1. The summed E-state index contributed by atoms with van der Waals surface area (Å²) in [6, 6.07) is 8.48. The van der Waals surface area contributed by atoms with Crippen molar-refractivity contribution in [3.8, 4) is 0 Å². The first-order valence-electron chi connectivity index (χ1n) is 6.49. The molecule has 0 spiro atoms. The number of hydrogen-bond acceptors (Lipinski definition) is 3. The summed E-state index contributed by atoms with van der Waals surface area (Å²) in [5.74, 6) is 0.0957. The summed E-state index contributed by atoms with van der Waals surface area (Å²) in [4.78, 5) is 0.321. The third kappa shape index (κ3) is 1.74. The zero-order chi connectivity index (χ0) is 13.9. The number of halogens is 1. The van der Waals surface area contributed by atoms with Gasteiger partial charge in [-0.1, -0.05) is 34.1 Å². The van der Waals surface area contributed by atoms with Gasteiger partial charge in [-0.15, -0.1) is 0 Å². The molecule has 1 aromatic carbocycles. The molecule has 2 aliphatic rings. The Morgan fingerprint density at radius 3 is 2.58 bits per heavy atom. The quantitative estimate of drug-likeness (QED) is 0.838. The van der Waals surface area contributed by atoms with Crippen molar-refractivity contribution >= 4 is 25.8 Å². The van der Waals surface area contributed by atoms with Crippen LogP contribution in [0.1, 0.15) is 26.2 Å². The highest BCUT2D eigenvalue weighted by Crippen LogP contribution is 2.64. The van der Waals surface area contributed by atoms with Gasteiger partial charge in [-0.25, -0.2) is 8.42 Å². The molecule has 0 radical (unpaired) electrons. The summed E-state index contributed by atoms with van der Waals surface area (Å²) in [5, 5.41) is 10.6. The molecule has 2 fully saturated rings. The molecule has 3 rings (SSSR count). The van der Waals surface area contributed by atoms with Crippen molar-refractivity contribution < 1.29 is 13.5 Å². The van der Waals surface area contributed by atoms with Gasteiger partial charge in [-0.3, -0.25) is 0 Å². The summed E-state index contributed by atoms with van der Waals surface area (Å²) in [5.41, 5.74) is 0. The Balaban J connectivity index is 2.08. The van der Waals surface area contributed by atoms with E-state index in [1.807, 2.05) is 6.92 Å². The fraction of sp³-hybridized carbons (Fsp3) is 0.571. The normalized spacial score (nSPS) is 41.6. The van der Waals surface area contributed by atoms with Crippen LogP contribution in [-0.4, -0.2) is 28.7 Å². The van der Waals surface area contributed by atoms with Crippen LogP contribution in [0, 0.1) is 5.92 Å². The first-order valence-corrected chi connectivity index (χ1v) is 8.77. The lowest BCUT2D eigenvalue weighted by Gasteiger charge is -2.39. The van der Waals surface area contributed by atoms with E-state index < -0.39 is 25.0 Å². The van der Waals surface area contributed by atoms with Gasteiger partial charge in [0.2, 0.25) is 0 Å². The Kier molecular flexibility index (Phi) is 2.90. The first kappa shape index (κ1) is 13.6. The third-order valence-corrected chi connectivity index (χ3v) is 8.11. The molecular formula is C14H17BrO3S. The Morgan fingerprint density at radius 2 is 1.95 bits per heavy atom. The second-order valence-corrected chi connectivity index (χ2v) is 9.94. The van der Waals surface area contributed by atoms with Crippen LogP contribution in [0.4, 0.5) is 0 Å². The van der Waals surface area contributed by atoms with Crippen molar-refractivity contribution in [3.05, 3.63) is 30.3 Å². The van der Waals surface area contributed by atoms with Crippen molar-refractivity contribution in [1.82, 2.24) is 0 Å². The summed E-state index contributed by atoms with van der Waals surface area (Å²) in [6.07, 6.45) is 1.38. The molecule has 2 aliphatic carbocycles. The fourth-order valence-corrected chi connectivity index (χ4v) is 6.68. The molecule has 5 heteroatoms. The van der Waals surface area contributed by atoms with Crippen LogP contribution in [0.3, 0.4) is 0 Å². The van der Waals surface area contributed by atoms with E-state index in [0.29, 0.717) is 11.3 Å². The topological polar surface area (TPSA) is 54.4 Å². The van der Waals surface area contributed by atoms with Crippen LogP contribution in [-0.2, 0) is 9.84 Å². The highest BCUT2D eigenvalue weighted by molar-refractivity contribution is 9.10. The number of alkyl halides is 1. The van der Waals surface area contributed by atoms with Crippen LogP contribution in [0.25, 0.3) is 0 Å². The van der Waals surface area contributed by atoms with Crippen molar-refractivity contribution in [2.24, 2.45) is 5.92 Å². The van der Waals surface area contributed by atoms with Gasteiger partial charge in [-0.2, -0.15) is 0 Å². The number of benzene rings is 1. The van der Waals surface area contributed by atoms with Gasteiger partial charge < -0.3 is 5.11 Å². The van der Waals surface area contributed by atoms with Gasteiger partial charge in [0.05, 0.1) is 15.3 Å². The predicted molar refractivity (Wildman–Crippen MR) is 77.0 cm³/mol. The first-order chi connectivity index (χ1) is 8.82. The van der Waals surface area contributed by atoms with Crippen LogP contribution < -0.4 is 0 Å². The van der Waals surface area contributed by atoms with E-state index in [2.05, 4.69) is 15.9 Å². The van der Waals surface area contributed by atoms with E-state index in [-0.39, 0.29) is 5.92 Å². The third-order valence-electron chi connectivity index (χ3n) is 4.66. The maximum absolute atomic E-state index is 12.9. The lowest BCUT2D eigenvalue weighted by Crippen LogP contribution is -2.52. The minimum atomic E-state index is -3.49. The smallest absolute Gasteiger partial charge is 0.186 e. The van der Waals surface area contributed by atoms with Crippen molar-refractivity contribution in [2.45, 2.75) is 46.3 Å². The summed E-state index contributed by atoms with van der Waals surface area (Å²) in [7, 11) is -3.49. The molecule has 0 aliphatic heterocycles. The van der Waals surface area contributed by atoms with Gasteiger partial charge in [-0.05, 0) is 44.2 Å². The van der Waals surface area contributed by atoms with Gasteiger partial charge in [0.15, 0.2) is 9.84 Å². The van der Waals surface area contributed by atoms with Crippen LogP contribution in [0.5, 0.6) is 0 Å². The van der Waals surface area contributed by atoms with Crippen LogP contribution >= 0.6 is 15.9 Å². The molecule has 2 saturated carbocycles. The molecule has 1 aromatic rings. The molecule has 104 valence electrons. The summed E-state index contributed by atoms with van der Waals surface area (Å²) < 4.78 is 24.2. The Labute approximate surface area is 122 Å². The molecule has 19 heavy (non-hydrogen) atoms. The van der Waals surface area contributed by atoms with Crippen molar-refractivity contribution in [2.75, 3.05) is 0 Å². The second kappa shape index (κ2) is 4.06. The SMILES string of the molecule is C[C@]1(Br)CC[C@H]2C[C@@]2(S(=O)(=O)c2ccccc2)[C@@H]1O. The monoisotopic (exact) mass is 344 g/mol. The molecule has 3 nitrogen and oxygen atoms in total. The molecular weight excluding hydrogens is 328 g/mol. The molecule has 0 aromatic heterocycles. The maximum Gasteiger partial charge on any atom is 0.186 e. The lowest BCUT2D eigenvalue weighted by atomic mass is 9.87. The number of rotatable bonds is 2. The molecule has 4 atom stereocenters. The highest BCUT2D eigenvalue weighted by Gasteiger charge is 2.72. The van der Waals surface area contributed by atoms with Crippen molar-refractivity contribution in [1.29, 1.82) is 0 Å². The van der Waals surface area contributed by atoms with Gasteiger partial charge >= 0.3 is 0 Å². The van der Waals surface area contributed by atoms with E-state index >= 15 is 0 Å². The zero-order valence-corrected chi connectivity index (χ0v) is 13.1. The largest absolute Gasteiger partial charge is 0.390 e. The molecule has 0 unspecified atom stereocenters. The molecule has 0 saturated heterocycles. The van der Waals surface area contributed by atoms with Crippen LogP contribution in [0.2, 0.25) is 0 Å². The summed E-state index contributed by atoms with van der Waals surface area (Å²) in [6.45, 7) is 1.88. The molecule has 1 N–H and O–H groups in total. The minimum absolute atomic E-state index is 0.0957.